The van der Waals surface area contributed by atoms with Crippen LogP contribution in [0.5, 0.6) is 0 Å². The van der Waals surface area contributed by atoms with Gasteiger partial charge in [-0.25, -0.2) is 4.79 Å². The summed E-state index contributed by atoms with van der Waals surface area (Å²) in [4.78, 5) is 22.6. The molecule has 88 valence electrons. The van der Waals surface area contributed by atoms with Crippen LogP contribution in [0.2, 0.25) is 0 Å². The number of carbonyl (C=O) groups is 2. The average Bonchev–Trinajstić information content (AvgIpc) is 2.56. The molecule has 0 fully saturated rings. The Morgan fingerprint density at radius 2 is 2.06 bits per heavy atom. The van der Waals surface area contributed by atoms with Gasteiger partial charge in [-0.15, -0.1) is 0 Å². The van der Waals surface area contributed by atoms with Gasteiger partial charge in [0.2, 0.25) is 0 Å². The van der Waals surface area contributed by atoms with Gasteiger partial charge in [0, 0.05) is 17.8 Å². The molecule has 0 aromatic carbocycles. The fraction of sp³-hybridized carbons (Fsp3) is 0.500. The van der Waals surface area contributed by atoms with E-state index in [0.717, 1.165) is 11.4 Å². The molecule has 0 spiro atoms. The normalized spacial score (nSPS) is 12.2. The molecule has 1 heterocycles. The van der Waals surface area contributed by atoms with Crippen LogP contribution in [0.4, 0.5) is 0 Å². The lowest BCUT2D eigenvalue weighted by atomic mass is 10.2. The predicted octanol–water partition coefficient (Wildman–Crippen LogP) is 1.66. The zero-order chi connectivity index (χ0) is 12.3. The van der Waals surface area contributed by atoms with Crippen molar-refractivity contribution in [3.8, 4) is 0 Å². The number of aromatic nitrogens is 1. The summed E-state index contributed by atoms with van der Waals surface area (Å²) in [5.74, 6) is -0.222. The Hall–Kier alpha value is -1.58. The molecule has 0 radical (unpaired) electrons. The Morgan fingerprint density at radius 1 is 1.44 bits per heavy atom. The number of methoxy groups -OCH3 is 1. The maximum absolute atomic E-state index is 11.5. The number of ether oxygens (including phenoxy) is 1. The Balaban J connectivity index is 3.05. The van der Waals surface area contributed by atoms with Crippen LogP contribution < -0.4 is 0 Å². The summed E-state index contributed by atoms with van der Waals surface area (Å²) in [5, 5.41) is 0. The van der Waals surface area contributed by atoms with E-state index in [1.54, 1.807) is 6.92 Å². The van der Waals surface area contributed by atoms with E-state index in [0.29, 0.717) is 6.42 Å². The van der Waals surface area contributed by atoms with E-state index in [1.807, 2.05) is 23.6 Å². The number of esters is 1. The molecule has 1 atom stereocenters. The first-order valence-corrected chi connectivity index (χ1v) is 5.21. The first-order valence-electron chi connectivity index (χ1n) is 5.21. The number of Topliss-reactive ketones (excluding diaryl/α,β-unsaturated/α-hetero) is 1. The summed E-state index contributed by atoms with van der Waals surface area (Å²) < 4.78 is 6.55. The molecule has 16 heavy (non-hydrogen) atoms. The van der Waals surface area contributed by atoms with Crippen molar-refractivity contribution in [2.45, 2.75) is 33.2 Å². The minimum atomic E-state index is -0.394. The van der Waals surface area contributed by atoms with Gasteiger partial charge in [0.25, 0.3) is 0 Å². The highest BCUT2D eigenvalue weighted by Crippen LogP contribution is 2.18. The number of nitrogens with zero attached hydrogens (tertiary/aromatic N) is 1. The molecule has 0 N–H and O–H groups in total. The number of hydrogen-bond donors (Lipinski definition) is 0. The summed E-state index contributed by atoms with van der Waals surface area (Å²) in [7, 11) is 1.36. The fourth-order valence-corrected chi connectivity index (χ4v) is 1.83. The minimum absolute atomic E-state index is 0.0800. The van der Waals surface area contributed by atoms with Crippen LogP contribution in [-0.2, 0) is 20.7 Å². The van der Waals surface area contributed by atoms with Crippen LogP contribution in [0.3, 0.4) is 0 Å². The van der Waals surface area contributed by atoms with E-state index in [-0.39, 0.29) is 11.8 Å². The zero-order valence-corrected chi connectivity index (χ0v) is 10.1. The molecule has 0 saturated heterocycles. The van der Waals surface area contributed by atoms with Gasteiger partial charge in [-0.2, -0.15) is 0 Å². The van der Waals surface area contributed by atoms with E-state index in [4.69, 9.17) is 4.74 Å². The lowest BCUT2D eigenvalue weighted by Gasteiger charge is -2.17. The maximum Gasteiger partial charge on any atom is 0.328 e. The predicted molar refractivity (Wildman–Crippen MR) is 60.3 cm³/mol. The monoisotopic (exact) mass is 223 g/mol. The van der Waals surface area contributed by atoms with Crippen LogP contribution in [0.15, 0.2) is 12.1 Å². The second kappa shape index (κ2) is 4.96. The third-order valence-corrected chi connectivity index (χ3v) is 2.57. The van der Waals surface area contributed by atoms with Crippen molar-refractivity contribution in [3.05, 3.63) is 23.5 Å². The first-order chi connectivity index (χ1) is 7.47. The summed E-state index contributed by atoms with van der Waals surface area (Å²) >= 11 is 0. The highest BCUT2D eigenvalue weighted by atomic mass is 16.5. The number of ketones is 1. The van der Waals surface area contributed by atoms with Gasteiger partial charge in [-0.3, -0.25) is 4.79 Å². The Kier molecular flexibility index (Phi) is 3.88. The lowest BCUT2D eigenvalue weighted by Crippen LogP contribution is -2.21. The van der Waals surface area contributed by atoms with Crippen LogP contribution in [0, 0.1) is 6.92 Å². The third kappa shape index (κ3) is 2.51. The zero-order valence-electron chi connectivity index (χ0n) is 10.1. The minimum Gasteiger partial charge on any atom is -0.467 e. The smallest absolute Gasteiger partial charge is 0.328 e. The van der Waals surface area contributed by atoms with Crippen LogP contribution in [0.1, 0.15) is 31.3 Å². The number of rotatable bonds is 4. The van der Waals surface area contributed by atoms with Gasteiger partial charge < -0.3 is 9.30 Å². The molecule has 0 saturated carbocycles. The largest absolute Gasteiger partial charge is 0.467 e. The topological polar surface area (TPSA) is 48.3 Å². The second-order valence-electron chi connectivity index (χ2n) is 3.91. The Bertz CT molecular complexity index is 406. The fourth-order valence-electron chi connectivity index (χ4n) is 1.83. The average molecular weight is 223 g/mol. The van der Waals surface area contributed by atoms with E-state index in [9.17, 15) is 9.59 Å². The molecule has 4 heteroatoms. The summed E-state index contributed by atoms with van der Waals surface area (Å²) in [5.41, 5.74) is 1.80. The summed E-state index contributed by atoms with van der Waals surface area (Å²) in [6.45, 7) is 5.21. The van der Waals surface area contributed by atoms with Crippen LogP contribution in [0.25, 0.3) is 0 Å². The number of carbonyl (C=O) groups excluding carboxylic acids is 2. The summed E-state index contributed by atoms with van der Waals surface area (Å²) in [6.07, 6.45) is 0.342. The molecule has 0 bridgehead atoms. The quantitative estimate of drug-likeness (QED) is 0.729. The van der Waals surface area contributed by atoms with Crippen molar-refractivity contribution < 1.29 is 14.3 Å². The van der Waals surface area contributed by atoms with Gasteiger partial charge in [0.05, 0.1) is 7.11 Å². The Morgan fingerprint density at radius 3 is 2.56 bits per heavy atom. The molecule has 0 unspecified atom stereocenters. The van der Waals surface area contributed by atoms with Crippen LogP contribution in [-0.4, -0.2) is 23.4 Å². The molecule has 1 aromatic heterocycles. The second-order valence-corrected chi connectivity index (χ2v) is 3.91. The van der Waals surface area contributed by atoms with E-state index >= 15 is 0 Å². The van der Waals surface area contributed by atoms with Gasteiger partial charge >= 0.3 is 5.97 Å². The number of hydrogen-bond acceptors (Lipinski definition) is 3. The molecule has 0 aliphatic rings. The molecule has 0 aliphatic carbocycles. The molecule has 4 nitrogen and oxygen atoms in total. The standard InChI is InChI=1S/C12H17NO3/c1-8-5-6-11(7-9(2)14)13(8)10(3)12(15)16-4/h5-6,10H,7H2,1-4H3/t10-/m0/s1. The van der Waals surface area contributed by atoms with Crippen LogP contribution >= 0.6 is 0 Å². The van der Waals surface area contributed by atoms with Crippen molar-refractivity contribution in [2.24, 2.45) is 0 Å². The third-order valence-electron chi connectivity index (χ3n) is 2.57. The Labute approximate surface area is 95.2 Å². The molecular weight excluding hydrogens is 206 g/mol. The van der Waals surface area contributed by atoms with Gasteiger partial charge in [0.1, 0.15) is 11.8 Å². The molecule has 1 rings (SSSR count). The van der Waals surface area contributed by atoms with E-state index < -0.39 is 6.04 Å². The highest BCUT2D eigenvalue weighted by molar-refractivity contribution is 5.78. The van der Waals surface area contributed by atoms with Crippen molar-refractivity contribution in [1.29, 1.82) is 0 Å². The molecule has 1 aromatic rings. The summed E-state index contributed by atoms with van der Waals surface area (Å²) in [6, 6.07) is 3.38. The first kappa shape index (κ1) is 12.5. The maximum atomic E-state index is 11.5. The molecule has 0 amide bonds. The van der Waals surface area contributed by atoms with Gasteiger partial charge in [0.15, 0.2) is 0 Å². The van der Waals surface area contributed by atoms with Gasteiger partial charge in [-0.05, 0) is 32.9 Å². The van der Waals surface area contributed by atoms with Gasteiger partial charge in [-0.1, -0.05) is 0 Å². The number of aryl methyl sites for hydroxylation is 1. The van der Waals surface area contributed by atoms with Crippen molar-refractivity contribution in [3.63, 3.8) is 0 Å². The van der Waals surface area contributed by atoms with Crippen molar-refractivity contribution in [2.75, 3.05) is 7.11 Å². The van der Waals surface area contributed by atoms with Crippen molar-refractivity contribution >= 4 is 11.8 Å². The molecular formula is C12H17NO3. The SMILES string of the molecule is COC(=O)[C@H](C)n1c(C)ccc1CC(C)=O. The van der Waals surface area contributed by atoms with E-state index in [2.05, 4.69) is 0 Å². The molecule has 0 aliphatic heterocycles. The lowest BCUT2D eigenvalue weighted by molar-refractivity contribution is -0.144. The van der Waals surface area contributed by atoms with E-state index in [1.165, 1.54) is 14.0 Å². The highest BCUT2D eigenvalue weighted by Gasteiger charge is 2.19. The van der Waals surface area contributed by atoms with Crippen molar-refractivity contribution in [1.82, 2.24) is 4.57 Å².